The highest BCUT2D eigenvalue weighted by Gasteiger charge is 2.39. The van der Waals surface area contributed by atoms with Gasteiger partial charge in [-0.3, -0.25) is 19.7 Å². The number of carbonyl (C=O) groups is 3. The fourth-order valence-electron chi connectivity index (χ4n) is 3.67. The van der Waals surface area contributed by atoms with E-state index in [1.807, 2.05) is 30.3 Å². The Morgan fingerprint density at radius 3 is 2.63 bits per heavy atom. The van der Waals surface area contributed by atoms with Crippen molar-refractivity contribution in [2.45, 2.75) is 48.6 Å². The van der Waals surface area contributed by atoms with Crippen molar-refractivity contribution in [3.05, 3.63) is 59.2 Å². The van der Waals surface area contributed by atoms with E-state index in [4.69, 9.17) is 0 Å². The molecule has 0 aromatic heterocycles. The van der Waals surface area contributed by atoms with E-state index < -0.39 is 6.04 Å². The summed E-state index contributed by atoms with van der Waals surface area (Å²) in [6.45, 7) is 2.53. The molecule has 0 saturated carbocycles. The van der Waals surface area contributed by atoms with Crippen molar-refractivity contribution in [2.75, 3.05) is 0 Å². The molecule has 1 unspecified atom stereocenters. The molecule has 1 N–H and O–H groups in total. The van der Waals surface area contributed by atoms with Gasteiger partial charge in [-0.2, -0.15) is 0 Å². The molecule has 1 saturated heterocycles. The second-order valence-electron chi connectivity index (χ2n) is 6.75. The molecule has 2 aromatic carbocycles. The smallest absolute Gasteiger partial charge is 0.255 e. The number of piperidine rings is 1. The van der Waals surface area contributed by atoms with E-state index in [1.54, 1.807) is 16.7 Å². The topological polar surface area (TPSA) is 66.5 Å². The summed E-state index contributed by atoms with van der Waals surface area (Å²) in [5.41, 5.74) is 2.88. The number of amides is 3. The fraction of sp³-hybridized carbons (Fsp3) is 0.286. The molecule has 0 bridgehead atoms. The van der Waals surface area contributed by atoms with Gasteiger partial charge < -0.3 is 4.90 Å². The second kappa shape index (κ2) is 7.19. The summed E-state index contributed by atoms with van der Waals surface area (Å²) in [5, 5.41) is 2.35. The molecule has 2 heterocycles. The Labute approximate surface area is 162 Å². The minimum atomic E-state index is -0.580. The number of benzene rings is 2. The molecule has 2 aromatic rings. The first kappa shape index (κ1) is 17.8. The number of imide groups is 1. The zero-order chi connectivity index (χ0) is 19.0. The molecule has 3 amide bonds. The zero-order valence-corrected chi connectivity index (χ0v) is 15.8. The molecule has 0 radical (unpaired) electrons. The highest BCUT2D eigenvalue weighted by Crippen LogP contribution is 2.38. The van der Waals surface area contributed by atoms with E-state index in [9.17, 15) is 14.4 Å². The monoisotopic (exact) mass is 380 g/mol. The van der Waals surface area contributed by atoms with Crippen molar-refractivity contribution in [1.82, 2.24) is 10.2 Å². The summed E-state index contributed by atoms with van der Waals surface area (Å²) in [6.07, 6.45) is 1.59. The maximum absolute atomic E-state index is 12.9. The minimum absolute atomic E-state index is 0.134. The number of nitrogens with one attached hydrogen (secondary N) is 1. The lowest BCUT2D eigenvalue weighted by atomic mass is 10.0. The Kier molecular flexibility index (Phi) is 4.74. The zero-order valence-electron chi connectivity index (χ0n) is 15.0. The van der Waals surface area contributed by atoms with Gasteiger partial charge in [0, 0.05) is 28.3 Å². The molecule has 138 valence electrons. The first-order valence-corrected chi connectivity index (χ1v) is 9.92. The van der Waals surface area contributed by atoms with Gasteiger partial charge in [-0.25, -0.2) is 0 Å². The van der Waals surface area contributed by atoms with Crippen LogP contribution in [-0.2, 0) is 22.6 Å². The Morgan fingerprint density at radius 1 is 1.07 bits per heavy atom. The highest BCUT2D eigenvalue weighted by molar-refractivity contribution is 7.99. The van der Waals surface area contributed by atoms with Crippen LogP contribution in [0.1, 0.15) is 41.3 Å². The van der Waals surface area contributed by atoms with Gasteiger partial charge in [0.05, 0.1) is 0 Å². The Hall–Kier alpha value is -2.60. The molecule has 6 heteroatoms. The third-order valence-electron chi connectivity index (χ3n) is 5.11. The average molecular weight is 380 g/mol. The van der Waals surface area contributed by atoms with Crippen LogP contribution in [0.3, 0.4) is 0 Å². The van der Waals surface area contributed by atoms with Crippen LogP contribution >= 0.6 is 11.8 Å². The van der Waals surface area contributed by atoms with Crippen LogP contribution in [0.4, 0.5) is 0 Å². The molecule has 4 rings (SSSR count). The van der Waals surface area contributed by atoms with Crippen LogP contribution in [0.5, 0.6) is 0 Å². The number of hydrogen-bond donors (Lipinski definition) is 1. The molecule has 0 aliphatic carbocycles. The van der Waals surface area contributed by atoms with Gasteiger partial charge in [0.15, 0.2) is 0 Å². The molecular weight excluding hydrogens is 360 g/mol. The van der Waals surface area contributed by atoms with E-state index in [-0.39, 0.29) is 24.1 Å². The van der Waals surface area contributed by atoms with Gasteiger partial charge in [-0.1, -0.05) is 43.0 Å². The molecule has 2 aliphatic heterocycles. The quantitative estimate of drug-likeness (QED) is 0.828. The van der Waals surface area contributed by atoms with Crippen LogP contribution in [0, 0.1) is 0 Å². The third kappa shape index (κ3) is 3.25. The maximum atomic E-state index is 12.9. The van der Waals surface area contributed by atoms with E-state index in [1.165, 1.54) is 10.5 Å². The van der Waals surface area contributed by atoms with Crippen molar-refractivity contribution < 1.29 is 14.4 Å². The summed E-state index contributed by atoms with van der Waals surface area (Å²) in [5.74, 6) is -0.781. The minimum Gasteiger partial charge on any atom is -0.322 e. The van der Waals surface area contributed by atoms with Crippen molar-refractivity contribution in [1.29, 1.82) is 0 Å². The summed E-state index contributed by atoms with van der Waals surface area (Å²) in [7, 11) is 0. The number of rotatable bonds is 4. The first-order valence-electron chi connectivity index (χ1n) is 9.10. The first-order chi connectivity index (χ1) is 13.1. The van der Waals surface area contributed by atoms with Crippen LogP contribution in [0.25, 0.3) is 0 Å². The predicted octanol–water partition coefficient (Wildman–Crippen LogP) is 3.16. The lowest BCUT2D eigenvalue weighted by Crippen LogP contribution is -2.52. The van der Waals surface area contributed by atoms with E-state index in [2.05, 4.69) is 24.4 Å². The summed E-state index contributed by atoms with van der Waals surface area (Å²) in [6, 6.07) is 13.4. The van der Waals surface area contributed by atoms with Crippen LogP contribution < -0.4 is 5.32 Å². The van der Waals surface area contributed by atoms with E-state index >= 15 is 0 Å². The van der Waals surface area contributed by atoms with Crippen molar-refractivity contribution in [2.24, 2.45) is 0 Å². The lowest BCUT2D eigenvalue weighted by Gasteiger charge is -2.29. The van der Waals surface area contributed by atoms with Crippen LogP contribution in [0.2, 0.25) is 0 Å². The standard InChI is InChI=1S/C21H20N2O3S/c1-2-13-6-3-4-8-17(13)27-18-9-5-7-14-15(18)12-23(21(14)26)16-10-11-19(24)22-20(16)25/h3-9,16H,2,10-12H2,1H3,(H,22,24,25). The third-order valence-corrected chi connectivity index (χ3v) is 6.33. The van der Waals surface area contributed by atoms with Crippen LogP contribution in [0.15, 0.2) is 52.3 Å². The Balaban J connectivity index is 1.63. The molecule has 1 fully saturated rings. The number of carbonyl (C=O) groups excluding carboxylic acids is 3. The number of hydrogen-bond acceptors (Lipinski definition) is 4. The van der Waals surface area contributed by atoms with Gasteiger partial charge in [-0.05, 0) is 42.2 Å². The summed E-state index contributed by atoms with van der Waals surface area (Å²) in [4.78, 5) is 40.4. The Bertz CT molecular complexity index is 941. The van der Waals surface area contributed by atoms with Gasteiger partial charge in [0.1, 0.15) is 6.04 Å². The normalized spacial score (nSPS) is 19.2. The predicted molar refractivity (Wildman–Crippen MR) is 102 cm³/mol. The summed E-state index contributed by atoms with van der Waals surface area (Å²) >= 11 is 1.66. The fourth-order valence-corrected chi connectivity index (χ4v) is 4.84. The molecule has 2 aliphatic rings. The molecular formula is C21H20N2O3S. The molecule has 0 spiro atoms. The van der Waals surface area contributed by atoms with Gasteiger partial charge in [-0.15, -0.1) is 0 Å². The largest absolute Gasteiger partial charge is 0.322 e. The molecule has 1 atom stereocenters. The SMILES string of the molecule is CCc1ccccc1Sc1cccc2c1CN(C1CCC(=O)NC1=O)C2=O. The molecule has 5 nitrogen and oxygen atoms in total. The number of fused-ring (bicyclic) bond motifs is 1. The maximum Gasteiger partial charge on any atom is 0.255 e. The average Bonchev–Trinajstić information content (AvgIpc) is 3.00. The lowest BCUT2D eigenvalue weighted by molar-refractivity contribution is -0.136. The summed E-state index contributed by atoms with van der Waals surface area (Å²) < 4.78 is 0. The number of nitrogens with zero attached hydrogens (tertiary/aromatic N) is 1. The second-order valence-corrected chi connectivity index (χ2v) is 7.83. The van der Waals surface area contributed by atoms with Gasteiger partial charge in [0.2, 0.25) is 11.8 Å². The van der Waals surface area contributed by atoms with Crippen LogP contribution in [-0.4, -0.2) is 28.7 Å². The molecule has 27 heavy (non-hydrogen) atoms. The van der Waals surface area contributed by atoms with E-state index in [0.717, 1.165) is 16.9 Å². The van der Waals surface area contributed by atoms with Gasteiger partial charge >= 0.3 is 0 Å². The van der Waals surface area contributed by atoms with Crippen molar-refractivity contribution >= 4 is 29.5 Å². The van der Waals surface area contributed by atoms with Gasteiger partial charge in [0.25, 0.3) is 5.91 Å². The highest BCUT2D eigenvalue weighted by atomic mass is 32.2. The van der Waals surface area contributed by atoms with Crippen molar-refractivity contribution in [3.63, 3.8) is 0 Å². The number of aryl methyl sites for hydroxylation is 1. The van der Waals surface area contributed by atoms with E-state index in [0.29, 0.717) is 18.5 Å². The van der Waals surface area contributed by atoms with Crippen molar-refractivity contribution in [3.8, 4) is 0 Å². The Morgan fingerprint density at radius 2 is 1.85 bits per heavy atom.